The van der Waals surface area contributed by atoms with Gasteiger partial charge in [0.05, 0.1) is 11.0 Å². The van der Waals surface area contributed by atoms with E-state index in [1.165, 1.54) is 18.2 Å². The first-order valence-electron chi connectivity index (χ1n) is 5.76. The van der Waals surface area contributed by atoms with E-state index in [4.69, 9.17) is 5.26 Å². The fourth-order valence-corrected chi connectivity index (χ4v) is 2.37. The smallest absolute Gasteiger partial charge is 0.210 e. The zero-order chi connectivity index (χ0) is 14.4. The van der Waals surface area contributed by atoms with Gasteiger partial charge in [-0.15, -0.1) is 0 Å². The molecule has 0 saturated heterocycles. The van der Waals surface area contributed by atoms with Gasteiger partial charge >= 0.3 is 0 Å². The Morgan fingerprint density at radius 1 is 1.26 bits per heavy atom. The summed E-state index contributed by atoms with van der Waals surface area (Å²) in [5, 5.41) is 10.8. The van der Waals surface area contributed by atoms with Gasteiger partial charge in [0.2, 0.25) is 9.84 Å². The van der Waals surface area contributed by atoms with Gasteiger partial charge in [-0.2, -0.15) is 5.26 Å². The van der Waals surface area contributed by atoms with E-state index in [1.54, 1.807) is 24.3 Å². The molecule has 0 bridgehead atoms. The summed E-state index contributed by atoms with van der Waals surface area (Å²) in [6.07, 6.45) is 3.58. The molecule has 0 unspecified atom stereocenters. The van der Waals surface area contributed by atoms with Crippen molar-refractivity contribution in [3.05, 3.63) is 42.5 Å². The maximum atomic E-state index is 12.0. The molecule has 0 spiro atoms. The highest BCUT2D eigenvalue weighted by Gasteiger charge is 2.15. The van der Waals surface area contributed by atoms with Crippen molar-refractivity contribution in [1.29, 1.82) is 5.26 Å². The van der Waals surface area contributed by atoms with Gasteiger partial charge in [0.15, 0.2) is 0 Å². The summed E-state index contributed by atoms with van der Waals surface area (Å²) < 4.78 is 23.9. The Hall–Kier alpha value is -2.04. The topological polar surface area (TPSA) is 57.9 Å². The summed E-state index contributed by atoms with van der Waals surface area (Å²) in [4.78, 5) is 0.200. The third-order valence-electron chi connectivity index (χ3n) is 2.40. The molecule has 0 fully saturated rings. The molecule has 0 aromatic heterocycles. The summed E-state index contributed by atoms with van der Waals surface area (Å²) in [7, 11) is -3.57. The fourth-order valence-electron chi connectivity index (χ4n) is 1.32. The van der Waals surface area contributed by atoms with Crippen LogP contribution in [0.4, 0.5) is 0 Å². The predicted octanol–water partition coefficient (Wildman–Crippen LogP) is 2.92. The highest BCUT2D eigenvalue weighted by atomic mass is 32.2. The summed E-state index contributed by atoms with van der Waals surface area (Å²) in [5.74, 6) is 2.76. The third kappa shape index (κ3) is 4.99. The Labute approximate surface area is 114 Å². The van der Waals surface area contributed by atoms with Crippen LogP contribution in [0.15, 0.2) is 47.4 Å². The molecular weight excluding hydrogens is 258 g/mol. The van der Waals surface area contributed by atoms with E-state index in [2.05, 4.69) is 11.2 Å². The Morgan fingerprint density at radius 2 is 1.89 bits per heavy atom. The van der Waals surface area contributed by atoms with Gasteiger partial charge in [-0.05, 0) is 32.4 Å². The molecule has 1 rings (SSSR count). The lowest BCUT2D eigenvalue weighted by atomic mass is 9.90. The van der Waals surface area contributed by atoms with Gasteiger partial charge in [-0.1, -0.05) is 30.2 Å². The lowest BCUT2D eigenvalue weighted by Crippen LogP contribution is -2.07. The van der Waals surface area contributed by atoms with E-state index in [9.17, 15) is 8.42 Å². The first-order chi connectivity index (χ1) is 8.87. The van der Waals surface area contributed by atoms with E-state index in [0.717, 1.165) is 0 Å². The lowest BCUT2D eigenvalue weighted by molar-refractivity contribution is 0.513. The van der Waals surface area contributed by atoms with Crippen LogP contribution in [0.3, 0.4) is 0 Å². The SMILES string of the molecule is CC(C)(C#CS(=O)(=O)c1ccccc1)C/C=C/C#N. The lowest BCUT2D eigenvalue weighted by Gasteiger charge is -2.13. The van der Waals surface area contributed by atoms with Crippen LogP contribution in [-0.2, 0) is 9.84 Å². The van der Waals surface area contributed by atoms with Crippen LogP contribution in [0.25, 0.3) is 0 Å². The summed E-state index contributed by atoms with van der Waals surface area (Å²) in [6, 6.07) is 10.0. The number of sulfone groups is 1. The molecule has 0 radical (unpaired) electrons. The minimum absolute atomic E-state index is 0.200. The van der Waals surface area contributed by atoms with E-state index in [1.807, 2.05) is 19.9 Å². The number of allylic oxidation sites excluding steroid dienone is 2. The average Bonchev–Trinajstić information content (AvgIpc) is 2.38. The molecule has 19 heavy (non-hydrogen) atoms. The number of benzene rings is 1. The highest BCUT2D eigenvalue weighted by molar-refractivity contribution is 7.96. The molecular formula is C15H15NO2S. The second-order valence-corrected chi connectivity index (χ2v) is 6.35. The zero-order valence-corrected chi connectivity index (χ0v) is 11.7. The van der Waals surface area contributed by atoms with Gasteiger partial charge in [-0.25, -0.2) is 8.42 Å². The molecule has 0 atom stereocenters. The predicted molar refractivity (Wildman–Crippen MR) is 74.6 cm³/mol. The Balaban J connectivity index is 2.94. The number of nitriles is 1. The Bertz CT molecular complexity index is 654. The van der Waals surface area contributed by atoms with Crippen molar-refractivity contribution in [3.63, 3.8) is 0 Å². The normalized spacial score (nSPS) is 11.6. The van der Waals surface area contributed by atoms with Gasteiger partial charge < -0.3 is 0 Å². The molecule has 98 valence electrons. The number of nitrogens with zero attached hydrogens (tertiary/aromatic N) is 1. The van der Waals surface area contributed by atoms with Crippen molar-refractivity contribution in [2.75, 3.05) is 0 Å². The van der Waals surface area contributed by atoms with Crippen LogP contribution in [-0.4, -0.2) is 8.42 Å². The number of rotatable bonds is 3. The van der Waals surface area contributed by atoms with Crippen LogP contribution >= 0.6 is 0 Å². The minimum Gasteiger partial charge on any atom is -0.210 e. The number of hydrogen-bond acceptors (Lipinski definition) is 3. The minimum atomic E-state index is -3.57. The molecule has 3 nitrogen and oxygen atoms in total. The monoisotopic (exact) mass is 273 g/mol. The largest absolute Gasteiger partial charge is 0.245 e. The standard InChI is InChI=1S/C15H15NO2S/c1-15(2,10-6-7-12-16)11-13-19(17,18)14-8-4-3-5-9-14/h3-9H,10H2,1-2H3/b7-6+. The van der Waals surface area contributed by atoms with Crippen molar-refractivity contribution < 1.29 is 8.42 Å². The molecule has 0 heterocycles. The molecule has 0 saturated carbocycles. The first kappa shape index (κ1) is 15.0. The van der Waals surface area contributed by atoms with Crippen molar-refractivity contribution >= 4 is 9.84 Å². The molecule has 0 aliphatic rings. The van der Waals surface area contributed by atoms with Crippen LogP contribution in [0.5, 0.6) is 0 Å². The molecule has 4 heteroatoms. The fraction of sp³-hybridized carbons (Fsp3) is 0.267. The number of hydrogen-bond donors (Lipinski definition) is 0. The van der Waals surface area contributed by atoms with Crippen LogP contribution < -0.4 is 0 Å². The van der Waals surface area contributed by atoms with Gasteiger partial charge in [0.1, 0.15) is 0 Å². The summed E-state index contributed by atoms with van der Waals surface area (Å²) >= 11 is 0. The van der Waals surface area contributed by atoms with Gasteiger partial charge in [-0.3, -0.25) is 0 Å². The molecule has 0 amide bonds. The summed E-state index contributed by atoms with van der Waals surface area (Å²) in [5.41, 5.74) is -0.491. The molecule has 0 aliphatic heterocycles. The average molecular weight is 273 g/mol. The first-order valence-corrected chi connectivity index (χ1v) is 7.24. The van der Waals surface area contributed by atoms with Crippen molar-refractivity contribution in [3.8, 4) is 17.2 Å². The zero-order valence-electron chi connectivity index (χ0n) is 10.9. The van der Waals surface area contributed by atoms with E-state index in [0.29, 0.717) is 6.42 Å². The Morgan fingerprint density at radius 3 is 2.47 bits per heavy atom. The van der Waals surface area contributed by atoms with E-state index >= 15 is 0 Å². The van der Waals surface area contributed by atoms with Crippen LogP contribution in [0.2, 0.25) is 0 Å². The van der Waals surface area contributed by atoms with E-state index in [-0.39, 0.29) is 4.90 Å². The van der Waals surface area contributed by atoms with E-state index < -0.39 is 15.3 Å². The molecule has 1 aromatic rings. The van der Waals surface area contributed by atoms with Crippen molar-refractivity contribution in [1.82, 2.24) is 0 Å². The Kier molecular flexibility index (Phi) is 4.92. The molecule has 0 aliphatic carbocycles. The maximum Gasteiger partial charge on any atom is 0.245 e. The van der Waals surface area contributed by atoms with Crippen LogP contribution in [0.1, 0.15) is 20.3 Å². The quantitative estimate of drug-likeness (QED) is 0.483. The second kappa shape index (κ2) is 6.22. The second-order valence-electron chi connectivity index (χ2n) is 4.66. The van der Waals surface area contributed by atoms with Gasteiger partial charge in [0.25, 0.3) is 0 Å². The molecule has 0 N–H and O–H groups in total. The molecule has 1 aromatic carbocycles. The third-order valence-corrected chi connectivity index (χ3v) is 3.66. The van der Waals surface area contributed by atoms with Crippen molar-refractivity contribution in [2.24, 2.45) is 5.41 Å². The van der Waals surface area contributed by atoms with Crippen LogP contribution in [0, 0.1) is 27.9 Å². The summed E-state index contributed by atoms with van der Waals surface area (Å²) in [6.45, 7) is 3.67. The van der Waals surface area contributed by atoms with Crippen molar-refractivity contribution in [2.45, 2.75) is 25.2 Å². The highest BCUT2D eigenvalue weighted by Crippen LogP contribution is 2.20. The van der Waals surface area contributed by atoms with Gasteiger partial charge in [0, 0.05) is 16.7 Å². The maximum absolute atomic E-state index is 12.0.